The normalized spacial score (nSPS) is 15.3. The maximum Gasteiger partial charge on any atom is 0.303 e. The molecule has 0 spiro atoms. The molecule has 0 heterocycles. The van der Waals surface area contributed by atoms with E-state index in [1.807, 2.05) is 0 Å². The number of aliphatic hydroxyl groups is 1. The van der Waals surface area contributed by atoms with E-state index in [-0.39, 0.29) is 35.0 Å². The molecule has 0 aliphatic heterocycles. The third kappa shape index (κ3) is 8.02. The van der Waals surface area contributed by atoms with Crippen molar-refractivity contribution in [2.24, 2.45) is 5.92 Å². The van der Waals surface area contributed by atoms with Crippen molar-refractivity contribution in [1.29, 1.82) is 0 Å². The fourth-order valence-corrected chi connectivity index (χ4v) is 6.61. The molecule has 0 saturated heterocycles. The number of benzene rings is 2. The first-order chi connectivity index (χ1) is 16.9. The number of likely N-dealkylation sites (N-methyl/N-ethyl adjacent to an activating group) is 1. The smallest absolute Gasteiger partial charge is 0.303 e. The number of aliphatic carboxylic acids is 1. The van der Waals surface area contributed by atoms with Crippen LogP contribution in [0.2, 0.25) is 5.02 Å². The third-order valence-corrected chi connectivity index (χ3v) is 8.73. The Morgan fingerprint density at radius 2 is 1.83 bits per heavy atom. The maximum atomic E-state index is 13.1. The highest BCUT2D eigenvalue weighted by Gasteiger charge is 2.29. The van der Waals surface area contributed by atoms with Crippen LogP contribution in [0.1, 0.15) is 49.8 Å². The standard InChI is InChI=1S/C27H37ClN2O5S/c1-27(2,16-20-11-21-8-4-5-9-22(21)12-20)29-17-24(31)18-30(3)36(34,35)25-14-19(13-23(28)15-25)7-6-10-26(32)33/h4-5,8-9,13-15,20,24,29,31H,6-7,10-12,16-18H2,1-3H3,(H,32,33)/t24-/m1/s1. The van der Waals surface area contributed by atoms with E-state index >= 15 is 0 Å². The van der Waals surface area contributed by atoms with Gasteiger partial charge in [-0.25, -0.2) is 8.42 Å². The molecule has 3 N–H and O–H groups in total. The zero-order valence-corrected chi connectivity index (χ0v) is 22.8. The molecule has 2 aromatic rings. The summed E-state index contributed by atoms with van der Waals surface area (Å²) in [6.45, 7) is 4.42. The van der Waals surface area contributed by atoms with Crippen LogP contribution >= 0.6 is 11.6 Å². The Hall–Kier alpha value is -1.97. The molecule has 0 aromatic heterocycles. The van der Waals surface area contributed by atoms with Crippen molar-refractivity contribution in [1.82, 2.24) is 9.62 Å². The molecule has 1 aliphatic rings. The Bertz CT molecular complexity index is 1140. The average molecular weight is 537 g/mol. The van der Waals surface area contributed by atoms with E-state index in [9.17, 15) is 18.3 Å². The quantitative estimate of drug-likeness (QED) is 0.358. The molecule has 0 saturated carbocycles. The number of aliphatic hydroxyl groups excluding tert-OH is 1. The van der Waals surface area contributed by atoms with E-state index in [4.69, 9.17) is 16.7 Å². The van der Waals surface area contributed by atoms with Crippen LogP contribution in [0.15, 0.2) is 47.4 Å². The van der Waals surface area contributed by atoms with Gasteiger partial charge in [0.1, 0.15) is 0 Å². The van der Waals surface area contributed by atoms with E-state index in [1.165, 1.54) is 30.3 Å². The molecule has 1 atom stereocenters. The summed E-state index contributed by atoms with van der Waals surface area (Å²) < 4.78 is 27.4. The number of aryl methyl sites for hydroxylation is 1. The zero-order chi connectivity index (χ0) is 26.5. The number of hydrogen-bond acceptors (Lipinski definition) is 5. The van der Waals surface area contributed by atoms with Crippen LogP contribution < -0.4 is 5.32 Å². The molecule has 1 aliphatic carbocycles. The second kappa shape index (κ2) is 12.0. The highest BCUT2D eigenvalue weighted by Crippen LogP contribution is 2.32. The van der Waals surface area contributed by atoms with Gasteiger partial charge in [0.2, 0.25) is 10.0 Å². The number of halogens is 1. The Labute approximate surface area is 219 Å². The van der Waals surface area contributed by atoms with Crippen LogP contribution in [0.5, 0.6) is 0 Å². The van der Waals surface area contributed by atoms with E-state index in [1.54, 1.807) is 6.07 Å². The van der Waals surface area contributed by atoms with Gasteiger partial charge in [0.25, 0.3) is 0 Å². The second-order valence-corrected chi connectivity index (χ2v) is 13.0. The summed E-state index contributed by atoms with van der Waals surface area (Å²) in [7, 11) is -2.44. The van der Waals surface area contributed by atoms with Gasteiger partial charge in [0.05, 0.1) is 11.0 Å². The SMILES string of the molecule is CN(C[C@H](O)CNC(C)(C)CC1Cc2ccccc2C1)S(=O)(=O)c1cc(Cl)cc(CCCC(=O)O)c1. The molecule has 0 radical (unpaired) electrons. The Balaban J connectivity index is 1.53. The molecule has 3 rings (SSSR count). The topological polar surface area (TPSA) is 107 Å². The van der Waals surface area contributed by atoms with Crippen molar-refractivity contribution in [2.75, 3.05) is 20.1 Å². The minimum Gasteiger partial charge on any atom is -0.481 e. The summed E-state index contributed by atoms with van der Waals surface area (Å²) in [5, 5.41) is 23.1. The summed E-state index contributed by atoms with van der Waals surface area (Å²) in [5.74, 6) is -0.360. The Kier molecular flexibility index (Phi) is 9.57. The van der Waals surface area contributed by atoms with E-state index in [0.29, 0.717) is 24.3 Å². The lowest BCUT2D eigenvalue weighted by Gasteiger charge is -2.31. The largest absolute Gasteiger partial charge is 0.481 e. The van der Waals surface area contributed by atoms with Crippen molar-refractivity contribution >= 4 is 27.6 Å². The lowest BCUT2D eigenvalue weighted by molar-refractivity contribution is -0.137. The number of fused-ring (bicyclic) bond motifs is 1. The summed E-state index contributed by atoms with van der Waals surface area (Å²) in [4.78, 5) is 10.8. The minimum atomic E-state index is -3.88. The molecule has 0 amide bonds. The average Bonchev–Trinajstić information content (AvgIpc) is 3.18. The molecule has 2 aromatic carbocycles. The molecular weight excluding hydrogens is 500 g/mol. The molecule has 0 bridgehead atoms. The maximum absolute atomic E-state index is 13.1. The number of hydrogen-bond donors (Lipinski definition) is 3. The first-order valence-corrected chi connectivity index (χ1v) is 14.1. The van der Waals surface area contributed by atoms with Crippen LogP contribution in [0.25, 0.3) is 0 Å². The highest BCUT2D eigenvalue weighted by atomic mass is 35.5. The van der Waals surface area contributed by atoms with Gasteiger partial charge in [0.15, 0.2) is 0 Å². The zero-order valence-electron chi connectivity index (χ0n) is 21.2. The van der Waals surface area contributed by atoms with E-state index in [2.05, 4.69) is 43.4 Å². The van der Waals surface area contributed by atoms with Crippen LogP contribution in [0.4, 0.5) is 0 Å². The summed E-state index contributed by atoms with van der Waals surface area (Å²) in [5.41, 5.74) is 3.28. The van der Waals surface area contributed by atoms with Crippen molar-refractivity contribution in [3.05, 3.63) is 64.2 Å². The van der Waals surface area contributed by atoms with Gasteiger partial charge >= 0.3 is 5.97 Å². The van der Waals surface area contributed by atoms with Crippen molar-refractivity contribution in [2.45, 2.75) is 68.9 Å². The van der Waals surface area contributed by atoms with E-state index < -0.39 is 22.1 Å². The Morgan fingerprint density at radius 3 is 2.44 bits per heavy atom. The van der Waals surface area contributed by atoms with Crippen LogP contribution in [-0.2, 0) is 34.1 Å². The van der Waals surface area contributed by atoms with Gasteiger partial charge < -0.3 is 15.5 Å². The summed E-state index contributed by atoms with van der Waals surface area (Å²) in [6.07, 6.45) is 2.98. The van der Waals surface area contributed by atoms with Gasteiger partial charge in [-0.1, -0.05) is 35.9 Å². The lowest BCUT2D eigenvalue weighted by atomic mass is 9.88. The number of nitrogens with zero attached hydrogens (tertiary/aromatic N) is 1. The van der Waals surface area contributed by atoms with Crippen LogP contribution in [0, 0.1) is 5.92 Å². The predicted molar refractivity (Wildman–Crippen MR) is 142 cm³/mol. The number of carboxylic acid groups (broad SMARTS) is 1. The highest BCUT2D eigenvalue weighted by molar-refractivity contribution is 7.89. The third-order valence-electron chi connectivity index (χ3n) is 6.71. The molecule has 9 heteroatoms. The number of β-amino-alcohol motifs (C(OH)–C–C–N with tert-alkyl or cyclic N) is 1. The Morgan fingerprint density at radius 1 is 1.19 bits per heavy atom. The molecule has 0 unspecified atom stereocenters. The van der Waals surface area contributed by atoms with Gasteiger partial charge in [0, 0.05) is 37.1 Å². The number of nitrogens with one attached hydrogen (secondary N) is 1. The van der Waals surface area contributed by atoms with Gasteiger partial charge in [-0.05, 0) is 86.8 Å². The van der Waals surface area contributed by atoms with Crippen LogP contribution in [-0.4, -0.2) is 60.7 Å². The summed E-state index contributed by atoms with van der Waals surface area (Å²) >= 11 is 6.15. The monoisotopic (exact) mass is 536 g/mol. The molecule has 198 valence electrons. The number of sulfonamides is 1. The molecule has 0 fully saturated rings. The molecule has 36 heavy (non-hydrogen) atoms. The van der Waals surface area contributed by atoms with Crippen molar-refractivity contribution in [3.8, 4) is 0 Å². The van der Waals surface area contributed by atoms with Crippen LogP contribution in [0.3, 0.4) is 0 Å². The predicted octanol–water partition coefficient (Wildman–Crippen LogP) is 3.90. The molecule has 7 nitrogen and oxygen atoms in total. The van der Waals surface area contributed by atoms with Gasteiger partial charge in [-0.2, -0.15) is 4.31 Å². The lowest BCUT2D eigenvalue weighted by Crippen LogP contribution is -2.47. The number of carboxylic acids is 1. The fraction of sp³-hybridized carbons (Fsp3) is 0.519. The number of rotatable bonds is 13. The van der Waals surface area contributed by atoms with Gasteiger partial charge in [-0.3, -0.25) is 4.79 Å². The van der Waals surface area contributed by atoms with Crippen molar-refractivity contribution < 1.29 is 23.4 Å². The summed E-state index contributed by atoms with van der Waals surface area (Å²) in [6, 6.07) is 13.1. The minimum absolute atomic E-state index is 0.00226. The van der Waals surface area contributed by atoms with Gasteiger partial charge in [-0.15, -0.1) is 0 Å². The van der Waals surface area contributed by atoms with Crippen molar-refractivity contribution in [3.63, 3.8) is 0 Å². The number of carbonyl (C=O) groups is 1. The first kappa shape index (κ1) is 28.6. The fourth-order valence-electron chi connectivity index (χ4n) is 4.98. The first-order valence-electron chi connectivity index (χ1n) is 12.3. The van der Waals surface area contributed by atoms with E-state index in [0.717, 1.165) is 23.6 Å². The molecular formula is C27H37ClN2O5S. The second-order valence-electron chi connectivity index (χ2n) is 10.5.